The number of aryl methyl sites for hydroxylation is 1. The van der Waals surface area contributed by atoms with Crippen molar-refractivity contribution in [2.75, 3.05) is 18.6 Å². The molecular formula is C16H25N5O4S2. The van der Waals surface area contributed by atoms with Crippen LogP contribution in [0, 0.1) is 0 Å². The van der Waals surface area contributed by atoms with Gasteiger partial charge in [0.15, 0.2) is 5.65 Å². The summed E-state index contributed by atoms with van der Waals surface area (Å²) in [6.07, 6.45) is 0.399. The van der Waals surface area contributed by atoms with Crippen molar-refractivity contribution in [3.63, 3.8) is 0 Å². The van der Waals surface area contributed by atoms with Crippen LogP contribution in [0.25, 0.3) is 11.0 Å². The van der Waals surface area contributed by atoms with Gasteiger partial charge in [0, 0.05) is 25.3 Å². The summed E-state index contributed by atoms with van der Waals surface area (Å²) in [6.45, 7) is 5.84. The molecule has 0 aliphatic rings. The Hall–Kier alpha value is -1.72. The lowest BCUT2D eigenvalue weighted by Gasteiger charge is -2.19. The van der Waals surface area contributed by atoms with E-state index in [0.29, 0.717) is 23.0 Å². The molecule has 0 radical (unpaired) electrons. The molecule has 0 unspecified atom stereocenters. The molecule has 0 atom stereocenters. The van der Waals surface area contributed by atoms with E-state index in [1.54, 1.807) is 7.05 Å². The van der Waals surface area contributed by atoms with Crippen molar-refractivity contribution in [2.24, 2.45) is 14.1 Å². The number of nitrogens with one attached hydrogen (secondary N) is 1. The fourth-order valence-electron chi connectivity index (χ4n) is 2.39. The first-order chi connectivity index (χ1) is 12.4. The summed E-state index contributed by atoms with van der Waals surface area (Å²) < 4.78 is 27.7. The van der Waals surface area contributed by atoms with Crippen molar-refractivity contribution < 1.29 is 8.42 Å². The van der Waals surface area contributed by atoms with Crippen LogP contribution in [-0.2, 0) is 29.5 Å². The second-order valence-corrected chi connectivity index (χ2v) is 10.4. The largest absolute Gasteiger partial charge is 0.332 e. The zero-order chi connectivity index (χ0) is 20.6. The van der Waals surface area contributed by atoms with E-state index in [2.05, 4.69) is 14.7 Å². The summed E-state index contributed by atoms with van der Waals surface area (Å²) in [4.78, 5) is 34.0. The molecule has 0 amide bonds. The van der Waals surface area contributed by atoms with Crippen LogP contribution in [-0.4, -0.2) is 46.1 Å². The van der Waals surface area contributed by atoms with Crippen LogP contribution < -0.4 is 16.0 Å². The topological polar surface area (TPSA) is 116 Å². The number of sulfonamides is 1. The Morgan fingerprint density at radius 3 is 2.30 bits per heavy atom. The van der Waals surface area contributed by atoms with Gasteiger partial charge >= 0.3 is 5.69 Å². The third kappa shape index (κ3) is 4.58. The molecule has 0 aliphatic carbocycles. The van der Waals surface area contributed by atoms with Gasteiger partial charge in [-0.25, -0.2) is 27.9 Å². The maximum atomic E-state index is 12.7. The second-order valence-electron chi connectivity index (χ2n) is 7.23. The summed E-state index contributed by atoms with van der Waals surface area (Å²) in [5.74, 6) is 0.966. The van der Waals surface area contributed by atoms with Crippen LogP contribution >= 0.6 is 11.8 Å². The van der Waals surface area contributed by atoms with Gasteiger partial charge in [-0.15, -0.1) is 11.8 Å². The van der Waals surface area contributed by atoms with Crippen molar-refractivity contribution in [1.82, 2.24) is 23.8 Å². The molecule has 0 aliphatic heterocycles. The van der Waals surface area contributed by atoms with Crippen LogP contribution in [0.2, 0.25) is 0 Å². The van der Waals surface area contributed by atoms with Crippen molar-refractivity contribution in [1.29, 1.82) is 0 Å². The van der Waals surface area contributed by atoms with E-state index in [-0.39, 0.29) is 22.2 Å². The van der Waals surface area contributed by atoms with E-state index in [4.69, 9.17) is 0 Å². The van der Waals surface area contributed by atoms with Gasteiger partial charge in [-0.05, 0) is 13.5 Å². The molecule has 150 valence electrons. The summed E-state index contributed by atoms with van der Waals surface area (Å²) in [5, 5.41) is 0.733. The summed E-state index contributed by atoms with van der Waals surface area (Å²) >= 11 is 1.30. The molecule has 0 saturated heterocycles. The minimum absolute atomic E-state index is 0.0118. The molecule has 2 aromatic rings. The lowest BCUT2D eigenvalue weighted by molar-refractivity contribution is 0.539. The molecule has 9 nitrogen and oxygen atoms in total. The lowest BCUT2D eigenvalue weighted by atomic mass is 9.96. The van der Waals surface area contributed by atoms with Crippen molar-refractivity contribution >= 4 is 32.8 Å². The SMILES string of the molecule is CNS(=O)(=O)CCCSc1nc(C(C)(C)C)nc2c1c(=O)n(C)c(=O)n2C. The molecule has 0 bridgehead atoms. The van der Waals surface area contributed by atoms with E-state index >= 15 is 0 Å². The highest BCUT2D eigenvalue weighted by molar-refractivity contribution is 7.99. The fraction of sp³-hybridized carbons (Fsp3) is 0.625. The highest BCUT2D eigenvalue weighted by Gasteiger charge is 2.23. The van der Waals surface area contributed by atoms with E-state index in [9.17, 15) is 18.0 Å². The Bertz CT molecular complexity index is 1080. The lowest BCUT2D eigenvalue weighted by Crippen LogP contribution is -2.38. The first-order valence-corrected chi connectivity index (χ1v) is 11.0. The molecule has 0 fully saturated rings. The molecule has 2 heterocycles. The van der Waals surface area contributed by atoms with Gasteiger partial charge in [0.1, 0.15) is 16.2 Å². The normalized spacial score (nSPS) is 12.7. The van der Waals surface area contributed by atoms with E-state index in [1.807, 2.05) is 20.8 Å². The molecule has 2 rings (SSSR count). The van der Waals surface area contributed by atoms with Gasteiger partial charge in [-0.1, -0.05) is 20.8 Å². The smallest absolute Gasteiger partial charge is 0.280 e. The highest BCUT2D eigenvalue weighted by Crippen LogP contribution is 2.27. The van der Waals surface area contributed by atoms with Gasteiger partial charge < -0.3 is 0 Å². The highest BCUT2D eigenvalue weighted by atomic mass is 32.2. The second kappa shape index (κ2) is 7.72. The van der Waals surface area contributed by atoms with Gasteiger partial charge in [-0.2, -0.15) is 0 Å². The molecule has 2 aromatic heterocycles. The van der Waals surface area contributed by atoms with E-state index < -0.39 is 21.3 Å². The molecule has 11 heteroatoms. The number of hydrogen-bond donors (Lipinski definition) is 1. The number of nitrogens with zero attached hydrogens (tertiary/aromatic N) is 4. The Balaban J connectivity index is 2.56. The van der Waals surface area contributed by atoms with Gasteiger partial charge in [-0.3, -0.25) is 13.9 Å². The Morgan fingerprint density at radius 2 is 1.74 bits per heavy atom. The van der Waals surface area contributed by atoms with E-state index in [0.717, 1.165) is 4.57 Å². The third-order valence-electron chi connectivity index (χ3n) is 4.04. The number of thioether (sulfide) groups is 1. The monoisotopic (exact) mass is 415 g/mol. The number of hydrogen-bond acceptors (Lipinski definition) is 7. The third-order valence-corrected chi connectivity index (χ3v) is 6.55. The van der Waals surface area contributed by atoms with Gasteiger partial charge in [0.25, 0.3) is 5.56 Å². The first kappa shape index (κ1) is 21.6. The molecule has 0 spiro atoms. The summed E-state index contributed by atoms with van der Waals surface area (Å²) in [7, 11) is 1.07. The fourth-order valence-corrected chi connectivity index (χ4v) is 4.26. The zero-order valence-corrected chi connectivity index (χ0v) is 18.0. The maximum absolute atomic E-state index is 12.7. The minimum Gasteiger partial charge on any atom is -0.280 e. The van der Waals surface area contributed by atoms with Crippen LogP contribution in [0.15, 0.2) is 14.6 Å². The predicted molar refractivity (Wildman–Crippen MR) is 107 cm³/mol. The van der Waals surface area contributed by atoms with Crippen molar-refractivity contribution in [2.45, 2.75) is 37.6 Å². The predicted octanol–water partition coefficient (Wildman–Crippen LogP) is 0.356. The summed E-state index contributed by atoms with van der Waals surface area (Å²) in [6, 6.07) is 0. The number of fused-ring (bicyclic) bond motifs is 1. The quantitative estimate of drug-likeness (QED) is 0.411. The average molecular weight is 416 g/mol. The van der Waals surface area contributed by atoms with Crippen LogP contribution in [0.5, 0.6) is 0 Å². The van der Waals surface area contributed by atoms with Gasteiger partial charge in [0.05, 0.1) is 5.75 Å². The van der Waals surface area contributed by atoms with Gasteiger partial charge in [0.2, 0.25) is 10.0 Å². The Kier molecular flexibility index (Phi) is 6.17. The zero-order valence-electron chi connectivity index (χ0n) is 16.4. The van der Waals surface area contributed by atoms with Crippen LogP contribution in [0.4, 0.5) is 0 Å². The summed E-state index contributed by atoms with van der Waals surface area (Å²) in [5.41, 5.74) is -1.01. The van der Waals surface area contributed by atoms with Crippen molar-refractivity contribution in [3.8, 4) is 0 Å². The molecule has 27 heavy (non-hydrogen) atoms. The number of aromatic nitrogens is 4. The molecule has 1 N–H and O–H groups in total. The standard InChI is InChI=1S/C16H25N5O4S2/c1-16(2,3)14-18-11-10(13(22)21(6)15(23)20(11)5)12(19-14)26-8-7-9-27(24,25)17-4/h17H,7-9H2,1-6H3. The Labute approximate surface area is 162 Å². The maximum Gasteiger partial charge on any atom is 0.332 e. The molecule has 0 saturated carbocycles. The van der Waals surface area contributed by atoms with Crippen molar-refractivity contribution in [3.05, 3.63) is 26.7 Å². The van der Waals surface area contributed by atoms with Crippen LogP contribution in [0.3, 0.4) is 0 Å². The first-order valence-electron chi connectivity index (χ1n) is 8.41. The number of rotatable bonds is 6. The Morgan fingerprint density at radius 1 is 1.11 bits per heavy atom. The average Bonchev–Trinajstić information content (AvgIpc) is 2.60. The minimum atomic E-state index is -3.28. The van der Waals surface area contributed by atoms with E-state index in [1.165, 1.54) is 30.4 Å². The molecular weight excluding hydrogens is 390 g/mol. The molecule has 0 aromatic carbocycles. The van der Waals surface area contributed by atoms with Crippen LogP contribution in [0.1, 0.15) is 33.0 Å².